The van der Waals surface area contributed by atoms with Crippen molar-refractivity contribution in [2.75, 3.05) is 7.05 Å². The van der Waals surface area contributed by atoms with E-state index < -0.39 is 0 Å². The van der Waals surface area contributed by atoms with Gasteiger partial charge in [-0.2, -0.15) is 5.10 Å². The van der Waals surface area contributed by atoms with Gasteiger partial charge in [-0.05, 0) is 29.8 Å². The average molecular weight is 328 g/mol. The number of furan rings is 1. The minimum absolute atomic E-state index is 0.0316. The number of thioether (sulfide) groups is 1. The summed E-state index contributed by atoms with van der Waals surface area (Å²) in [6, 6.07) is 11.3. The first-order valence-corrected chi connectivity index (χ1v) is 8.06. The van der Waals surface area contributed by atoms with Crippen LogP contribution in [-0.2, 0) is 12.3 Å². The first-order chi connectivity index (χ1) is 11.2. The molecule has 0 bridgehead atoms. The molecule has 0 aliphatic heterocycles. The van der Waals surface area contributed by atoms with Crippen LogP contribution in [0.15, 0.2) is 58.6 Å². The standard InChI is InChI=1S/C16H16N4O2S/c1-20(9-14-3-2-8-22-14)15(21)13-6-4-12(5-7-13)10-23-16-17-11-18-19-16/h2-8,11H,9-10H2,1H3,(H,17,18,19). The van der Waals surface area contributed by atoms with Crippen LogP contribution in [-0.4, -0.2) is 33.0 Å². The second-order valence-electron chi connectivity index (χ2n) is 5.02. The number of amides is 1. The van der Waals surface area contributed by atoms with E-state index >= 15 is 0 Å². The quantitative estimate of drug-likeness (QED) is 0.704. The summed E-state index contributed by atoms with van der Waals surface area (Å²) in [6.45, 7) is 0.453. The zero-order chi connectivity index (χ0) is 16.1. The van der Waals surface area contributed by atoms with Crippen LogP contribution in [0.25, 0.3) is 0 Å². The second-order valence-corrected chi connectivity index (χ2v) is 5.98. The van der Waals surface area contributed by atoms with Crippen LogP contribution in [0.3, 0.4) is 0 Å². The molecule has 0 spiro atoms. The van der Waals surface area contributed by atoms with Gasteiger partial charge in [-0.1, -0.05) is 23.9 Å². The Kier molecular flexibility index (Phi) is 4.77. The molecule has 3 aromatic rings. The maximum absolute atomic E-state index is 12.4. The SMILES string of the molecule is CN(Cc1ccco1)C(=O)c1ccc(CSc2ncn[nH]2)cc1. The van der Waals surface area contributed by atoms with E-state index in [9.17, 15) is 4.79 Å². The normalized spacial score (nSPS) is 10.7. The summed E-state index contributed by atoms with van der Waals surface area (Å²) in [4.78, 5) is 18.1. The molecule has 7 heteroatoms. The number of hydrogen-bond donors (Lipinski definition) is 1. The van der Waals surface area contributed by atoms with Crippen molar-refractivity contribution < 1.29 is 9.21 Å². The Hall–Kier alpha value is -2.54. The number of hydrogen-bond acceptors (Lipinski definition) is 5. The molecule has 23 heavy (non-hydrogen) atoms. The van der Waals surface area contributed by atoms with Crippen LogP contribution >= 0.6 is 11.8 Å². The Morgan fingerprint density at radius 1 is 1.30 bits per heavy atom. The van der Waals surface area contributed by atoms with Gasteiger partial charge in [0.1, 0.15) is 12.1 Å². The fraction of sp³-hybridized carbons (Fsp3) is 0.188. The van der Waals surface area contributed by atoms with Crippen molar-refractivity contribution in [3.8, 4) is 0 Å². The molecule has 0 saturated carbocycles. The topological polar surface area (TPSA) is 75.0 Å². The summed E-state index contributed by atoms with van der Waals surface area (Å²) in [5.74, 6) is 1.50. The molecule has 1 aromatic carbocycles. The van der Waals surface area contributed by atoms with Crippen molar-refractivity contribution in [3.63, 3.8) is 0 Å². The number of nitrogens with zero attached hydrogens (tertiary/aromatic N) is 3. The largest absolute Gasteiger partial charge is 0.467 e. The molecule has 3 rings (SSSR count). The van der Waals surface area contributed by atoms with E-state index in [2.05, 4.69) is 15.2 Å². The highest BCUT2D eigenvalue weighted by Gasteiger charge is 2.13. The third kappa shape index (κ3) is 4.01. The van der Waals surface area contributed by atoms with Crippen molar-refractivity contribution in [2.24, 2.45) is 0 Å². The van der Waals surface area contributed by atoms with Crippen LogP contribution in [0.1, 0.15) is 21.7 Å². The number of benzene rings is 1. The Morgan fingerprint density at radius 3 is 2.78 bits per heavy atom. The van der Waals surface area contributed by atoms with Crippen molar-refractivity contribution in [2.45, 2.75) is 17.5 Å². The highest BCUT2D eigenvalue weighted by atomic mass is 32.2. The molecular weight excluding hydrogens is 312 g/mol. The van der Waals surface area contributed by atoms with Gasteiger partial charge < -0.3 is 9.32 Å². The Labute approximate surface area is 137 Å². The zero-order valence-electron chi connectivity index (χ0n) is 12.6. The predicted molar refractivity (Wildman–Crippen MR) is 86.9 cm³/mol. The average Bonchev–Trinajstić information content (AvgIpc) is 3.26. The zero-order valence-corrected chi connectivity index (χ0v) is 13.4. The number of rotatable bonds is 6. The highest BCUT2D eigenvalue weighted by Crippen LogP contribution is 2.19. The Bertz CT molecular complexity index is 739. The van der Waals surface area contributed by atoms with Gasteiger partial charge in [0.05, 0.1) is 12.8 Å². The molecule has 0 fully saturated rings. The molecule has 1 N–H and O–H groups in total. The smallest absolute Gasteiger partial charge is 0.254 e. The molecular formula is C16H16N4O2S. The third-order valence-electron chi connectivity index (χ3n) is 3.29. The van der Waals surface area contributed by atoms with Crippen LogP contribution < -0.4 is 0 Å². The summed E-state index contributed by atoms with van der Waals surface area (Å²) in [5.41, 5.74) is 1.78. The number of nitrogens with one attached hydrogen (secondary N) is 1. The van der Waals surface area contributed by atoms with Crippen molar-refractivity contribution in [3.05, 3.63) is 65.9 Å². The van der Waals surface area contributed by atoms with Gasteiger partial charge >= 0.3 is 0 Å². The van der Waals surface area contributed by atoms with E-state index in [0.29, 0.717) is 12.1 Å². The van der Waals surface area contributed by atoms with Crippen LogP contribution in [0.4, 0.5) is 0 Å². The van der Waals surface area contributed by atoms with E-state index in [1.807, 2.05) is 36.4 Å². The predicted octanol–water partition coefficient (Wildman–Crippen LogP) is 2.96. The van der Waals surface area contributed by atoms with Gasteiger partial charge in [-0.3, -0.25) is 9.89 Å². The van der Waals surface area contributed by atoms with Gasteiger partial charge in [0.15, 0.2) is 5.16 Å². The number of carbonyl (C=O) groups is 1. The summed E-state index contributed by atoms with van der Waals surface area (Å²) in [5, 5.41) is 7.39. The lowest BCUT2D eigenvalue weighted by atomic mass is 10.1. The molecule has 118 valence electrons. The molecule has 0 saturated heterocycles. The molecule has 0 aliphatic rings. The second kappa shape index (κ2) is 7.15. The van der Waals surface area contributed by atoms with Gasteiger partial charge in [0.2, 0.25) is 0 Å². The van der Waals surface area contributed by atoms with E-state index in [1.165, 1.54) is 6.33 Å². The molecule has 0 radical (unpaired) electrons. The first-order valence-electron chi connectivity index (χ1n) is 7.07. The first kappa shape index (κ1) is 15.4. The number of aromatic nitrogens is 3. The molecule has 0 atom stereocenters. The fourth-order valence-corrected chi connectivity index (χ4v) is 2.82. The van der Waals surface area contributed by atoms with Crippen LogP contribution in [0.5, 0.6) is 0 Å². The lowest BCUT2D eigenvalue weighted by Gasteiger charge is -2.15. The molecule has 6 nitrogen and oxygen atoms in total. The number of carbonyl (C=O) groups excluding carboxylic acids is 1. The monoisotopic (exact) mass is 328 g/mol. The van der Waals surface area contributed by atoms with E-state index in [4.69, 9.17) is 4.42 Å². The van der Waals surface area contributed by atoms with Gasteiger partial charge in [-0.25, -0.2) is 4.98 Å². The van der Waals surface area contributed by atoms with Crippen molar-refractivity contribution >= 4 is 17.7 Å². The van der Waals surface area contributed by atoms with Crippen molar-refractivity contribution in [1.29, 1.82) is 0 Å². The number of aromatic amines is 1. The lowest BCUT2D eigenvalue weighted by Crippen LogP contribution is -2.25. The highest BCUT2D eigenvalue weighted by molar-refractivity contribution is 7.98. The van der Waals surface area contributed by atoms with E-state index in [0.717, 1.165) is 22.2 Å². The summed E-state index contributed by atoms with van der Waals surface area (Å²) in [6.07, 6.45) is 3.09. The van der Waals surface area contributed by atoms with E-state index in [1.54, 1.807) is 30.0 Å². The van der Waals surface area contributed by atoms with Gasteiger partial charge in [-0.15, -0.1) is 0 Å². The maximum atomic E-state index is 12.4. The van der Waals surface area contributed by atoms with E-state index in [-0.39, 0.29) is 5.91 Å². The molecule has 2 heterocycles. The summed E-state index contributed by atoms with van der Waals surface area (Å²) < 4.78 is 5.27. The lowest BCUT2D eigenvalue weighted by molar-refractivity contribution is 0.0775. The maximum Gasteiger partial charge on any atom is 0.254 e. The molecule has 0 unspecified atom stereocenters. The van der Waals surface area contributed by atoms with Gasteiger partial charge in [0, 0.05) is 18.4 Å². The summed E-state index contributed by atoms with van der Waals surface area (Å²) >= 11 is 1.57. The Balaban J connectivity index is 1.58. The van der Waals surface area contributed by atoms with Crippen LogP contribution in [0, 0.1) is 0 Å². The van der Waals surface area contributed by atoms with Crippen molar-refractivity contribution in [1.82, 2.24) is 20.1 Å². The number of H-pyrrole nitrogens is 1. The third-order valence-corrected chi connectivity index (χ3v) is 4.24. The molecule has 0 aliphatic carbocycles. The van der Waals surface area contributed by atoms with Gasteiger partial charge in [0.25, 0.3) is 5.91 Å². The van der Waals surface area contributed by atoms with Crippen LogP contribution in [0.2, 0.25) is 0 Å². The fourth-order valence-electron chi connectivity index (χ4n) is 2.09. The molecule has 1 amide bonds. The minimum atomic E-state index is -0.0316. The minimum Gasteiger partial charge on any atom is -0.467 e. The summed E-state index contributed by atoms with van der Waals surface area (Å²) in [7, 11) is 1.76. The molecule has 2 aromatic heterocycles. The Morgan fingerprint density at radius 2 is 2.13 bits per heavy atom.